The van der Waals surface area contributed by atoms with Gasteiger partial charge < -0.3 is 36.9 Å². The summed E-state index contributed by atoms with van der Waals surface area (Å²) in [7, 11) is 0. The van der Waals surface area contributed by atoms with E-state index in [1.807, 2.05) is 30.3 Å². The van der Waals surface area contributed by atoms with Crippen molar-refractivity contribution in [3.05, 3.63) is 95.1 Å². The zero-order valence-electron chi connectivity index (χ0n) is 23.3. The molecule has 4 aromatic rings. The normalized spacial score (nSPS) is 11.4. The Morgan fingerprint density at radius 3 is 2.26 bits per heavy atom. The van der Waals surface area contributed by atoms with E-state index in [1.54, 1.807) is 42.5 Å². The minimum absolute atomic E-state index is 0.0760. The van der Waals surface area contributed by atoms with Crippen molar-refractivity contribution < 1.29 is 24.2 Å². The van der Waals surface area contributed by atoms with Crippen molar-refractivity contribution >= 4 is 40.5 Å². The van der Waals surface area contributed by atoms with E-state index in [2.05, 4.69) is 15.6 Å². The predicted octanol–water partition coefficient (Wildman–Crippen LogP) is 3.22. The van der Waals surface area contributed by atoms with Gasteiger partial charge in [-0.15, -0.1) is 0 Å². The molecule has 0 bridgehead atoms. The second kappa shape index (κ2) is 13.8. The van der Waals surface area contributed by atoms with Gasteiger partial charge in [-0.05, 0) is 35.6 Å². The van der Waals surface area contributed by atoms with Crippen LogP contribution in [-0.2, 0) is 27.4 Å². The fourth-order valence-corrected chi connectivity index (χ4v) is 4.60. The number of aliphatic carboxylic acids is 1. The zero-order valence-corrected chi connectivity index (χ0v) is 23.3. The van der Waals surface area contributed by atoms with Gasteiger partial charge in [-0.2, -0.15) is 0 Å². The summed E-state index contributed by atoms with van der Waals surface area (Å²) in [5, 5.41) is 31.0. The Labute approximate surface area is 247 Å². The van der Waals surface area contributed by atoms with Crippen LogP contribution < -0.4 is 22.1 Å². The maximum atomic E-state index is 13.2. The zero-order chi connectivity index (χ0) is 30.9. The maximum Gasteiger partial charge on any atom is 0.407 e. The summed E-state index contributed by atoms with van der Waals surface area (Å²) in [5.41, 5.74) is 15.8. The summed E-state index contributed by atoms with van der Waals surface area (Å²) in [4.78, 5) is 40.3. The molecule has 1 atom stereocenters. The predicted molar refractivity (Wildman–Crippen MR) is 163 cm³/mol. The number of nitrogen functional groups attached to an aromatic ring is 2. The van der Waals surface area contributed by atoms with Crippen molar-refractivity contribution in [2.75, 3.05) is 6.54 Å². The van der Waals surface area contributed by atoms with Crippen molar-refractivity contribution in [2.24, 2.45) is 11.5 Å². The number of carbonyl (C=O) groups excluding carboxylic acids is 2. The van der Waals surface area contributed by atoms with Crippen LogP contribution in [0.4, 0.5) is 4.79 Å². The highest BCUT2D eigenvalue weighted by molar-refractivity contribution is 6.02. The summed E-state index contributed by atoms with van der Waals surface area (Å²) >= 11 is 0. The van der Waals surface area contributed by atoms with E-state index >= 15 is 0 Å². The van der Waals surface area contributed by atoms with E-state index < -0.39 is 24.0 Å². The first-order valence-electron chi connectivity index (χ1n) is 13.5. The first kappa shape index (κ1) is 30.3. The van der Waals surface area contributed by atoms with Crippen LogP contribution in [0.3, 0.4) is 0 Å². The number of nitrogens with two attached hydrogens (primary N) is 2. The van der Waals surface area contributed by atoms with Crippen LogP contribution in [-0.4, -0.2) is 52.3 Å². The number of amidine groups is 2. The quantitative estimate of drug-likeness (QED) is 0.0666. The molecule has 0 saturated heterocycles. The number of hydrogen-bond donors (Lipinski definition) is 8. The molecule has 12 nitrogen and oxygen atoms in total. The van der Waals surface area contributed by atoms with Gasteiger partial charge in [0.15, 0.2) is 0 Å². The summed E-state index contributed by atoms with van der Waals surface area (Å²) in [5.74, 6) is -1.87. The van der Waals surface area contributed by atoms with Crippen molar-refractivity contribution in [2.45, 2.75) is 31.9 Å². The highest BCUT2D eigenvalue weighted by Gasteiger charge is 2.23. The molecule has 0 aliphatic carbocycles. The average molecular weight is 584 g/mol. The second-order valence-corrected chi connectivity index (χ2v) is 9.91. The lowest BCUT2D eigenvalue weighted by molar-refractivity contribution is -0.141. The van der Waals surface area contributed by atoms with Gasteiger partial charge in [0.25, 0.3) is 0 Å². The molecule has 4 rings (SSSR count). The van der Waals surface area contributed by atoms with Crippen LogP contribution in [0.5, 0.6) is 0 Å². The minimum atomic E-state index is -1.19. The number of carboxylic acid groups (broad SMARTS) is 1. The number of rotatable bonds is 13. The molecule has 0 fully saturated rings. The molecule has 0 saturated carbocycles. The van der Waals surface area contributed by atoms with Gasteiger partial charge in [-0.1, -0.05) is 66.7 Å². The molecular formula is C31H33N7O5. The Morgan fingerprint density at radius 1 is 0.930 bits per heavy atom. The number of nitrogens with one attached hydrogen (secondary N) is 5. The summed E-state index contributed by atoms with van der Waals surface area (Å²) in [6.45, 7) is 0.294. The molecule has 0 aliphatic heterocycles. The molecule has 43 heavy (non-hydrogen) atoms. The van der Waals surface area contributed by atoms with Gasteiger partial charge in [0.05, 0.1) is 12.1 Å². The topological polar surface area (TPSA) is 220 Å². The van der Waals surface area contributed by atoms with Crippen LogP contribution in [0, 0.1) is 10.8 Å². The highest BCUT2D eigenvalue weighted by atomic mass is 16.5. The van der Waals surface area contributed by atoms with Gasteiger partial charge in [-0.3, -0.25) is 15.6 Å². The Hall–Kier alpha value is -5.65. The molecule has 0 radical (unpaired) electrons. The van der Waals surface area contributed by atoms with Crippen molar-refractivity contribution in [1.82, 2.24) is 15.6 Å². The van der Waals surface area contributed by atoms with E-state index in [0.29, 0.717) is 34.3 Å². The number of aromatic nitrogens is 1. The Balaban J connectivity index is 1.42. The second-order valence-electron chi connectivity index (χ2n) is 9.91. The van der Waals surface area contributed by atoms with Gasteiger partial charge in [0.1, 0.15) is 24.3 Å². The van der Waals surface area contributed by atoms with Crippen LogP contribution in [0.2, 0.25) is 0 Å². The molecule has 10 N–H and O–H groups in total. The third-order valence-electron chi connectivity index (χ3n) is 6.82. The van der Waals surface area contributed by atoms with Crippen LogP contribution in [0.25, 0.3) is 22.2 Å². The van der Waals surface area contributed by atoms with Gasteiger partial charge >= 0.3 is 12.1 Å². The molecule has 0 aliphatic rings. The number of fused-ring (bicyclic) bond motifs is 1. The number of aromatic amines is 1. The largest absolute Gasteiger partial charge is 0.480 e. The Bertz CT molecular complexity index is 1650. The standard InChI is InChI=1S/C31H33N7O5/c32-28(33)20-10-8-19(9-11-20)27-23(22-13-12-21(29(34)35)15-25(22)38-27)16-26(39)37-24(30(40)41)7-4-14-36-31(42)43-17-18-5-2-1-3-6-18/h1-3,5-6,8-13,15,24,38H,4,7,14,16-17H2,(H3,32,33)(H3,34,35)(H,36,42)(H,37,39)(H,40,41). The molecule has 3 aromatic carbocycles. The summed E-state index contributed by atoms with van der Waals surface area (Å²) in [6.07, 6.45) is -0.352. The fourth-order valence-electron chi connectivity index (χ4n) is 4.60. The van der Waals surface area contributed by atoms with Crippen LogP contribution in [0.1, 0.15) is 35.1 Å². The third-order valence-corrected chi connectivity index (χ3v) is 6.82. The Morgan fingerprint density at radius 2 is 1.60 bits per heavy atom. The fraction of sp³-hybridized carbons (Fsp3) is 0.194. The van der Waals surface area contributed by atoms with Gasteiger partial charge in [0.2, 0.25) is 5.91 Å². The van der Waals surface area contributed by atoms with E-state index in [-0.39, 0.29) is 37.7 Å². The lowest BCUT2D eigenvalue weighted by atomic mass is 10.00. The molecule has 1 heterocycles. The van der Waals surface area contributed by atoms with Crippen molar-refractivity contribution in [3.8, 4) is 11.3 Å². The number of benzene rings is 3. The number of amides is 2. The Kier molecular flexibility index (Phi) is 9.74. The van der Waals surface area contributed by atoms with Crippen molar-refractivity contribution in [1.29, 1.82) is 10.8 Å². The number of H-pyrrole nitrogens is 1. The molecule has 0 spiro atoms. The molecule has 1 aromatic heterocycles. The van der Waals surface area contributed by atoms with Crippen LogP contribution >= 0.6 is 0 Å². The van der Waals surface area contributed by atoms with E-state index in [4.69, 9.17) is 27.0 Å². The summed E-state index contributed by atoms with van der Waals surface area (Å²) in [6, 6.07) is 20.1. The highest BCUT2D eigenvalue weighted by Crippen LogP contribution is 2.32. The molecule has 12 heteroatoms. The van der Waals surface area contributed by atoms with Crippen molar-refractivity contribution in [3.63, 3.8) is 0 Å². The first-order valence-corrected chi connectivity index (χ1v) is 13.5. The maximum absolute atomic E-state index is 13.2. The smallest absolute Gasteiger partial charge is 0.407 e. The molecule has 2 amide bonds. The number of carboxylic acids is 1. The van der Waals surface area contributed by atoms with E-state index in [0.717, 1.165) is 16.5 Å². The van der Waals surface area contributed by atoms with Gasteiger partial charge in [0, 0.05) is 28.6 Å². The van der Waals surface area contributed by atoms with Gasteiger partial charge in [-0.25, -0.2) is 9.59 Å². The number of hydrogen-bond acceptors (Lipinski definition) is 6. The number of ether oxygens (including phenoxy) is 1. The average Bonchev–Trinajstić information content (AvgIpc) is 3.35. The molecule has 1 unspecified atom stereocenters. The van der Waals surface area contributed by atoms with Crippen LogP contribution in [0.15, 0.2) is 72.8 Å². The lowest BCUT2D eigenvalue weighted by Gasteiger charge is -2.15. The SMILES string of the molecule is N=C(N)c1ccc(-c2[nH]c3cc(C(=N)N)ccc3c2CC(=O)NC(CCCNC(=O)OCc2ccccc2)C(=O)O)cc1. The number of alkyl carbamates (subject to hydrolysis) is 1. The summed E-state index contributed by atoms with van der Waals surface area (Å²) < 4.78 is 5.15. The van der Waals surface area contributed by atoms with E-state index in [9.17, 15) is 19.5 Å². The minimum Gasteiger partial charge on any atom is -0.480 e. The third kappa shape index (κ3) is 7.97. The first-order chi connectivity index (χ1) is 20.6. The molecule has 222 valence electrons. The monoisotopic (exact) mass is 583 g/mol. The molecular weight excluding hydrogens is 550 g/mol. The van der Waals surface area contributed by atoms with E-state index in [1.165, 1.54) is 0 Å². The number of carbonyl (C=O) groups is 3. The lowest BCUT2D eigenvalue weighted by Crippen LogP contribution is -2.42.